The van der Waals surface area contributed by atoms with Gasteiger partial charge in [0.25, 0.3) is 0 Å². The van der Waals surface area contributed by atoms with Crippen molar-refractivity contribution in [1.29, 1.82) is 0 Å². The lowest BCUT2D eigenvalue weighted by Gasteiger charge is -2.39. The van der Waals surface area contributed by atoms with Gasteiger partial charge in [-0.15, -0.1) is 0 Å². The molecule has 5 heteroatoms. The average molecular weight is 237 g/mol. The van der Waals surface area contributed by atoms with Crippen molar-refractivity contribution in [2.24, 2.45) is 0 Å². The fraction of sp³-hybridized carbons (Fsp3) is 0.583. The van der Waals surface area contributed by atoms with Gasteiger partial charge in [-0.3, -0.25) is 0 Å². The van der Waals surface area contributed by atoms with Gasteiger partial charge in [-0.25, -0.2) is 4.98 Å². The van der Waals surface area contributed by atoms with Crippen molar-refractivity contribution in [2.45, 2.75) is 25.6 Å². The summed E-state index contributed by atoms with van der Waals surface area (Å²) < 4.78 is 5.58. The molecule has 1 aromatic heterocycles. The minimum absolute atomic E-state index is 0.186. The first-order chi connectivity index (χ1) is 7.97. The minimum Gasteiger partial charge on any atom is -0.388 e. The number of hydrogen-bond acceptors (Lipinski definition) is 5. The monoisotopic (exact) mass is 237 g/mol. The van der Waals surface area contributed by atoms with E-state index >= 15 is 0 Å². The van der Waals surface area contributed by atoms with Crippen LogP contribution >= 0.6 is 0 Å². The summed E-state index contributed by atoms with van der Waals surface area (Å²) in [6.45, 7) is 5.61. The van der Waals surface area contributed by atoms with Gasteiger partial charge in [0.15, 0.2) is 0 Å². The maximum absolute atomic E-state index is 9.96. The van der Waals surface area contributed by atoms with Crippen LogP contribution in [0.4, 0.5) is 11.5 Å². The Morgan fingerprint density at radius 3 is 2.88 bits per heavy atom. The summed E-state index contributed by atoms with van der Waals surface area (Å²) in [6.07, 6.45) is 1.57. The minimum atomic E-state index is -0.833. The van der Waals surface area contributed by atoms with Crippen LogP contribution < -0.4 is 10.6 Å². The molecule has 0 bridgehead atoms. The Morgan fingerprint density at radius 2 is 2.29 bits per heavy atom. The van der Waals surface area contributed by atoms with Gasteiger partial charge in [0.1, 0.15) is 11.9 Å². The number of anilines is 2. The highest BCUT2D eigenvalue weighted by molar-refractivity contribution is 5.48. The quantitative estimate of drug-likeness (QED) is 0.790. The SMILES string of the molecule is CC(C)(O)[C@H]1CN(c2ccc(N)nc2)CCO1. The van der Waals surface area contributed by atoms with E-state index in [0.717, 1.165) is 12.2 Å². The van der Waals surface area contributed by atoms with Gasteiger partial charge in [0.05, 0.1) is 24.1 Å². The fourth-order valence-corrected chi connectivity index (χ4v) is 1.90. The van der Waals surface area contributed by atoms with Crippen molar-refractivity contribution in [3.05, 3.63) is 18.3 Å². The predicted octanol–water partition coefficient (Wildman–Crippen LogP) is 0.640. The van der Waals surface area contributed by atoms with Gasteiger partial charge in [-0.1, -0.05) is 0 Å². The summed E-state index contributed by atoms with van der Waals surface area (Å²) >= 11 is 0. The molecule has 0 saturated carbocycles. The van der Waals surface area contributed by atoms with Crippen LogP contribution in [0, 0.1) is 0 Å². The van der Waals surface area contributed by atoms with Gasteiger partial charge in [0, 0.05) is 13.1 Å². The molecule has 94 valence electrons. The van der Waals surface area contributed by atoms with Crippen LogP contribution in [0.25, 0.3) is 0 Å². The summed E-state index contributed by atoms with van der Waals surface area (Å²) in [7, 11) is 0. The summed E-state index contributed by atoms with van der Waals surface area (Å²) in [5, 5.41) is 9.96. The molecule has 1 aliphatic rings. The lowest BCUT2D eigenvalue weighted by Crippen LogP contribution is -2.52. The van der Waals surface area contributed by atoms with Gasteiger partial charge in [-0.05, 0) is 26.0 Å². The molecular formula is C12H19N3O2. The summed E-state index contributed by atoms with van der Waals surface area (Å²) in [5.74, 6) is 0.515. The molecular weight excluding hydrogens is 218 g/mol. The first kappa shape index (κ1) is 12.1. The van der Waals surface area contributed by atoms with Gasteiger partial charge < -0.3 is 20.5 Å². The van der Waals surface area contributed by atoms with Crippen molar-refractivity contribution in [3.63, 3.8) is 0 Å². The molecule has 3 N–H and O–H groups in total. The Balaban J connectivity index is 2.09. The molecule has 1 atom stereocenters. The third kappa shape index (κ3) is 2.87. The van der Waals surface area contributed by atoms with Crippen molar-refractivity contribution >= 4 is 11.5 Å². The largest absolute Gasteiger partial charge is 0.388 e. The van der Waals surface area contributed by atoms with E-state index in [0.29, 0.717) is 19.0 Å². The molecule has 0 amide bonds. The van der Waals surface area contributed by atoms with E-state index in [4.69, 9.17) is 10.5 Å². The second kappa shape index (κ2) is 4.50. The van der Waals surface area contributed by atoms with Crippen LogP contribution in [0.1, 0.15) is 13.8 Å². The first-order valence-electron chi connectivity index (χ1n) is 5.77. The van der Waals surface area contributed by atoms with E-state index < -0.39 is 5.60 Å². The van der Waals surface area contributed by atoms with Gasteiger partial charge in [0.2, 0.25) is 0 Å². The number of nitrogen functional groups attached to an aromatic ring is 1. The second-order valence-corrected chi connectivity index (χ2v) is 4.90. The summed E-state index contributed by atoms with van der Waals surface area (Å²) in [6, 6.07) is 3.72. The number of rotatable bonds is 2. The number of nitrogens with zero attached hydrogens (tertiary/aromatic N) is 2. The molecule has 1 aromatic rings. The van der Waals surface area contributed by atoms with Crippen LogP contribution in [-0.4, -0.2) is 41.5 Å². The first-order valence-corrected chi connectivity index (χ1v) is 5.77. The zero-order chi connectivity index (χ0) is 12.5. The maximum Gasteiger partial charge on any atom is 0.123 e. The van der Waals surface area contributed by atoms with E-state index in [9.17, 15) is 5.11 Å². The number of ether oxygens (including phenoxy) is 1. The number of aromatic nitrogens is 1. The Bertz CT molecular complexity index is 372. The summed E-state index contributed by atoms with van der Waals surface area (Å²) in [4.78, 5) is 6.23. The molecule has 1 aliphatic heterocycles. The van der Waals surface area contributed by atoms with E-state index in [1.54, 1.807) is 26.1 Å². The van der Waals surface area contributed by atoms with Gasteiger partial charge >= 0.3 is 0 Å². The second-order valence-electron chi connectivity index (χ2n) is 4.90. The van der Waals surface area contributed by atoms with E-state index in [1.807, 2.05) is 6.07 Å². The maximum atomic E-state index is 9.96. The number of nitrogens with two attached hydrogens (primary N) is 1. The van der Waals surface area contributed by atoms with Crippen molar-refractivity contribution < 1.29 is 9.84 Å². The molecule has 5 nitrogen and oxygen atoms in total. The molecule has 0 aliphatic carbocycles. The van der Waals surface area contributed by atoms with E-state index in [-0.39, 0.29) is 6.10 Å². The molecule has 0 spiro atoms. The van der Waals surface area contributed by atoms with Crippen molar-refractivity contribution in [3.8, 4) is 0 Å². The molecule has 2 rings (SSSR count). The summed E-state index contributed by atoms with van der Waals surface area (Å²) in [5.41, 5.74) is 5.74. The molecule has 0 radical (unpaired) electrons. The van der Waals surface area contributed by atoms with Crippen LogP contribution in [-0.2, 0) is 4.74 Å². The highest BCUT2D eigenvalue weighted by Gasteiger charge is 2.32. The smallest absolute Gasteiger partial charge is 0.123 e. The Hall–Kier alpha value is -1.33. The van der Waals surface area contributed by atoms with E-state index in [2.05, 4.69) is 9.88 Å². The molecule has 0 aromatic carbocycles. The van der Waals surface area contributed by atoms with Crippen LogP contribution in [0.15, 0.2) is 18.3 Å². The van der Waals surface area contributed by atoms with Gasteiger partial charge in [-0.2, -0.15) is 0 Å². The Kier molecular flexibility index (Phi) is 3.22. The number of aliphatic hydroxyl groups is 1. The third-order valence-corrected chi connectivity index (χ3v) is 2.99. The van der Waals surface area contributed by atoms with E-state index in [1.165, 1.54) is 0 Å². The third-order valence-electron chi connectivity index (χ3n) is 2.99. The topological polar surface area (TPSA) is 71.6 Å². The molecule has 0 unspecified atom stereocenters. The highest BCUT2D eigenvalue weighted by atomic mass is 16.5. The van der Waals surface area contributed by atoms with Crippen molar-refractivity contribution in [1.82, 2.24) is 4.98 Å². The van der Waals surface area contributed by atoms with Crippen LogP contribution in [0.2, 0.25) is 0 Å². The zero-order valence-electron chi connectivity index (χ0n) is 10.3. The number of pyridine rings is 1. The number of hydrogen-bond donors (Lipinski definition) is 2. The molecule has 17 heavy (non-hydrogen) atoms. The van der Waals surface area contributed by atoms with Crippen LogP contribution in [0.3, 0.4) is 0 Å². The zero-order valence-corrected chi connectivity index (χ0v) is 10.3. The molecule has 1 saturated heterocycles. The Labute approximate surface area is 101 Å². The number of morpholine rings is 1. The fourth-order valence-electron chi connectivity index (χ4n) is 1.90. The lowest BCUT2D eigenvalue weighted by molar-refractivity contribution is -0.0928. The Morgan fingerprint density at radius 1 is 1.53 bits per heavy atom. The lowest BCUT2D eigenvalue weighted by atomic mass is 10.00. The predicted molar refractivity (Wildman–Crippen MR) is 66.9 cm³/mol. The molecule has 2 heterocycles. The van der Waals surface area contributed by atoms with Crippen molar-refractivity contribution in [2.75, 3.05) is 30.3 Å². The van der Waals surface area contributed by atoms with Crippen LogP contribution in [0.5, 0.6) is 0 Å². The standard InChI is InChI=1S/C12H19N3O2/c1-12(2,16)10-8-15(5-6-17-10)9-3-4-11(13)14-7-9/h3-4,7,10,16H,5-6,8H2,1-2H3,(H2,13,14)/t10-/m1/s1. The highest BCUT2D eigenvalue weighted by Crippen LogP contribution is 2.22. The normalized spacial score (nSPS) is 21.6. The average Bonchev–Trinajstić information content (AvgIpc) is 2.29. The molecule has 1 fully saturated rings.